The van der Waals surface area contributed by atoms with Gasteiger partial charge < -0.3 is 4.74 Å². The minimum Gasteiger partial charge on any atom is -0.379 e. The highest BCUT2D eigenvalue weighted by Gasteiger charge is 2.16. The van der Waals surface area contributed by atoms with Crippen molar-refractivity contribution in [3.8, 4) is 0 Å². The van der Waals surface area contributed by atoms with Gasteiger partial charge in [-0.05, 0) is 29.7 Å². The van der Waals surface area contributed by atoms with Gasteiger partial charge in [-0.25, -0.2) is 0 Å². The minimum atomic E-state index is 0.885. The number of ether oxygens (including phenoxy) is 1. The van der Waals surface area contributed by atoms with Crippen LogP contribution in [-0.2, 0) is 24.2 Å². The second-order valence-corrected chi connectivity index (χ2v) is 5.61. The molecule has 0 aliphatic carbocycles. The number of hydrogen-bond acceptors (Lipinski definition) is 3. The van der Waals surface area contributed by atoms with Crippen LogP contribution >= 0.6 is 0 Å². The second-order valence-electron chi connectivity index (χ2n) is 5.61. The quantitative estimate of drug-likeness (QED) is 0.825. The summed E-state index contributed by atoms with van der Waals surface area (Å²) in [6, 6.07) is 7.08. The zero-order chi connectivity index (χ0) is 13.1. The summed E-state index contributed by atoms with van der Waals surface area (Å²) in [5, 5.41) is 0. The molecule has 0 bridgehead atoms. The molecule has 104 valence electrons. The lowest BCUT2D eigenvalue weighted by atomic mass is 9.97. The van der Waals surface area contributed by atoms with Gasteiger partial charge in [0.1, 0.15) is 0 Å². The average Bonchev–Trinajstić information content (AvgIpc) is 2.48. The van der Waals surface area contributed by atoms with E-state index in [2.05, 4.69) is 34.9 Å². The smallest absolute Gasteiger partial charge is 0.0594 e. The highest BCUT2D eigenvalue weighted by molar-refractivity contribution is 5.33. The summed E-state index contributed by atoms with van der Waals surface area (Å²) in [5.74, 6) is 0. The van der Waals surface area contributed by atoms with E-state index in [0.717, 1.165) is 45.9 Å². The van der Waals surface area contributed by atoms with Gasteiger partial charge in [0.15, 0.2) is 0 Å². The van der Waals surface area contributed by atoms with E-state index in [1.54, 1.807) is 5.56 Å². The number of likely N-dealkylation sites (N-methyl/N-ethyl adjacent to an activating group) is 1. The van der Waals surface area contributed by atoms with E-state index in [0.29, 0.717) is 0 Å². The summed E-state index contributed by atoms with van der Waals surface area (Å²) in [6.45, 7) is 10.7. The lowest BCUT2D eigenvalue weighted by Crippen LogP contribution is -2.35. The summed E-state index contributed by atoms with van der Waals surface area (Å²) >= 11 is 0. The fraction of sp³-hybridized carbons (Fsp3) is 0.625. The third-order valence-electron chi connectivity index (χ3n) is 4.32. The molecule has 0 atom stereocenters. The van der Waals surface area contributed by atoms with Gasteiger partial charge in [-0.3, -0.25) is 9.80 Å². The average molecular weight is 260 g/mol. The van der Waals surface area contributed by atoms with Crippen molar-refractivity contribution in [3.05, 3.63) is 34.9 Å². The normalized spacial score (nSPS) is 21.3. The Hall–Kier alpha value is -0.900. The van der Waals surface area contributed by atoms with Gasteiger partial charge >= 0.3 is 0 Å². The zero-order valence-corrected chi connectivity index (χ0v) is 11.9. The van der Waals surface area contributed by atoms with Crippen LogP contribution < -0.4 is 0 Å². The van der Waals surface area contributed by atoms with Gasteiger partial charge in [0.25, 0.3) is 0 Å². The standard InChI is InChI=1S/C16H24N2O/c1-2-17-6-5-15-11-14(3-4-16(15)13-17)12-18-7-9-19-10-8-18/h3-4,11H,2,5-10,12-13H2,1H3. The number of nitrogens with zero attached hydrogens (tertiary/aromatic N) is 2. The van der Waals surface area contributed by atoms with Gasteiger partial charge in [-0.15, -0.1) is 0 Å². The first-order chi connectivity index (χ1) is 9.35. The summed E-state index contributed by atoms with van der Waals surface area (Å²) < 4.78 is 5.40. The molecule has 0 spiro atoms. The van der Waals surface area contributed by atoms with Crippen LogP contribution in [0.25, 0.3) is 0 Å². The molecule has 0 saturated carbocycles. The van der Waals surface area contributed by atoms with Crippen molar-refractivity contribution in [1.29, 1.82) is 0 Å². The van der Waals surface area contributed by atoms with E-state index < -0.39 is 0 Å². The summed E-state index contributed by atoms with van der Waals surface area (Å²) in [4.78, 5) is 5.01. The Balaban J connectivity index is 1.67. The molecule has 2 aliphatic rings. The van der Waals surface area contributed by atoms with Crippen LogP contribution in [0.2, 0.25) is 0 Å². The first-order valence-electron chi connectivity index (χ1n) is 7.48. The van der Waals surface area contributed by atoms with Crippen molar-refractivity contribution < 1.29 is 4.74 Å². The maximum atomic E-state index is 5.40. The predicted octanol–water partition coefficient (Wildman–Crippen LogP) is 1.90. The van der Waals surface area contributed by atoms with Gasteiger partial charge in [0.05, 0.1) is 13.2 Å². The second kappa shape index (κ2) is 6.04. The fourth-order valence-corrected chi connectivity index (χ4v) is 3.05. The first kappa shape index (κ1) is 13.1. The number of hydrogen-bond donors (Lipinski definition) is 0. The molecule has 3 nitrogen and oxygen atoms in total. The van der Waals surface area contributed by atoms with Crippen molar-refractivity contribution in [1.82, 2.24) is 9.80 Å². The molecule has 1 aromatic carbocycles. The Morgan fingerprint density at radius 3 is 2.68 bits per heavy atom. The molecule has 1 aromatic rings. The molecule has 3 rings (SSSR count). The topological polar surface area (TPSA) is 15.7 Å². The van der Waals surface area contributed by atoms with Crippen LogP contribution in [0, 0.1) is 0 Å². The van der Waals surface area contributed by atoms with Gasteiger partial charge in [0.2, 0.25) is 0 Å². The Bertz CT molecular complexity index is 427. The minimum absolute atomic E-state index is 0.885. The third-order valence-corrected chi connectivity index (χ3v) is 4.32. The number of benzene rings is 1. The molecule has 1 saturated heterocycles. The maximum absolute atomic E-state index is 5.40. The lowest BCUT2D eigenvalue weighted by molar-refractivity contribution is 0.0342. The number of rotatable bonds is 3. The third kappa shape index (κ3) is 3.16. The van der Waals surface area contributed by atoms with Crippen molar-refractivity contribution >= 4 is 0 Å². The van der Waals surface area contributed by atoms with Gasteiger partial charge in [-0.2, -0.15) is 0 Å². The molecule has 0 radical (unpaired) electrons. The summed E-state index contributed by atoms with van der Waals surface area (Å²) in [6.07, 6.45) is 1.21. The molecule has 0 aromatic heterocycles. The lowest BCUT2D eigenvalue weighted by Gasteiger charge is -2.29. The molecule has 2 aliphatic heterocycles. The zero-order valence-electron chi connectivity index (χ0n) is 11.9. The molecule has 2 heterocycles. The summed E-state index contributed by atoms with van der Waals surface area (Å²) in [5.41, 5.74) is 4.56. The van der Waals surface area contributed by atoms with E-state index >= 15 is 0 Å². The van der Waals surface area contributed by atoms with Crippen LogP contribution in [0.4, 0.5) is 0 Å². The number of morpholine rings is 1. The van der Waals surface area contributed by atoms with Crippen LogP contribution in [0.5, 0.6) is 0 Å². The SMILES string of the molecule is CCN1CCc2cc(CN3CCOCC3)ccc2C1. The van der Waals surface area contributed by atoms with Crippen LogP contribution in [-0.4, -0.2) is 49.2 Å². The molecule has 3 heteroatoms. The van der Waals surface area contributed by atoms with Crippen molar-refractivity contribution in [2.24, 2.45) is 0 Å². The fourth-order valence-electron chi connectivity index (χ4n) is 3.05. The van der Waals surface area contributed by atoms with Gasteiger partial charge in [0, 0.05) is 32.7 Å². The predicted molar refractivity (Wildman–Crippen MR) is 77.2 cm³/mol. The van der Waals surface area contributed by atoms with Crippen LogP contribution in [0.1, 0.15) is 23.6 Å². The summed E-state index contributed by atoms with van der Waals surface area (Å²) in [7, 11) is 0. The molecule has 0 amide bonds. The van der Waals surface area contributed by atoms with Crippen molar-refractivity contribution in [2.45, 2.75) is 26.4 Å². The highest BCUT2D eigenvalue weighted by Crippen LogP contribution is 2.21. The molecular formula is C16H24N2O. The molecule has 0 N–H and O–H groups in total. The Morgan fingerprint density at radius 2 is 1.89 bits per heavy atom. The highest BCUT2D eigenvalue weighted by atomic mass is 16.5. The van der Waals surface area contributed by atoms with E-state index in [4.69, 9.17) is 4.74 Å². The Morgan fingerprint density at radius 1 is 1.05 bits per heavy atom. The molecule has 19 heavy (non-hydrogen) atoms. The monoisotopic (exact) mass is 260 g/mol. The first-order valence-corrected chi connectivity index (χ1v) is 7.48. The number of fused-ring (bicyclic) bond motifs is 1. The van der Waals surface area contributed by atoms with E-state index in [1.165, 1.54) is 24.1 Å². The van der Waals surface area contributed by atoms with Gasteiger partial charge in [-0.1, -0.05) is 25.1 Å². The largest absolute Gasteiger partial charge is 0.379 e. The Kier molecular flexibility index (Phi) is 4.16. The van der Waals surface area contributed by atoms with Crippen molar-refractivity contribution in [2.75, 3.05) is 39.4 Å². The van der Waals surface area contributed by atoms with E-state index in [9.17, 15) is 0 Å². The molecular weight excluding hydrogens is 236 g/mol. The molecule has 1 fully saturated rings. The van der Waals surface area contributed by atoms with E-state index in [-0.39, 0.29) is 0 Å². The van der Waals surface area contributed by atoms with Crippen molar-refractivity contribution in [3.63, 3.8) is 0 Å². The maximum Gasteiger partial charge on any atom is 0.0594 e. The van der Waals surface area contributed by atoms with Crippen LogP contribution in [0.15, 0.2) is 18.2 Å². The molecule has 0 unspecified atom stereocenters. The van der Waals surface area contributed by atoms with Crippen LogP contribution in [0.3, 0.4) is 0 Å². The van der Waals surface area contributed by atoms with E-state index in [1.807, 2.05) is 0 Å². The Labute approximate surface area is 116 Å².